The summed E-state index contributed by atoms with van der Waals surface area (Å²) < 4.78 is -0.899. The summed E-state index contributed by atoms with van der Waals surface area (Å²) in [5, 5.41) is 0. The van der Waals surface area contributed by atoms with Gasteiger partial charge in [-0.15, -0.1) is 23.2 Å². The van der Waals surface area contributed by atoms with Gasteiger partial charge in [-0.25, -0.2) is 0 Å². The van der Waals surface area contributed by atoms with E-state index in [1.54, 1.807) is 11.9 Å². The van der Waals surface area contributed by atoms with Crippen LogP contribution in [0.2, 0.25) is 0 Å². The molecular formula is C14H17Cl2NO. The van der Waals surface area contributed by atoms with Crippen LogP contribution >= 0.6 is 23.2 Å². The third kappa shape index (κ3) is 2.24. The number of nitrogens with zero attached hydrogens (tertiary/aromatic N) is 1. The molecule has 1 aromatic rings. The number of carbonyl (C=O) groups is 1. The second-order valence-electron chi connectivity index (χ2n) is 5.30. The van der Waals surface area contributed by atoms with Crippen LogP contribution in [0.5, 0.6) is 0 Å². The van der Waals surface area contributed by atoms with Crippen molar-refractivity contribution in [2.24, 2.45) is 5.41 Å². The summed E-state index contributed by atoms with van der Waals surface area (Å²) in [6, 6.07) is 8.04. The third-order valence-electron chi connectivity index (χ3n) is 3.75. The van der Waals surface area contributed by atoms with E-state index >= 15 is 0 Å². The molecule has 0 aromatic heterocycles. The molecule has 0 radical (unpaired) electrons. The van der Waals surface area contributed by atoms with Crippen molar-refractivity contribution < 1.29 is 4.79 Å². The zero-order chi connectivity index (χ0) is 13.6. The van der Waals surface area contributed by atoms with Crippen LogP contribution in [0, 0.1) is 12.3 Å². The maximum Gasteiger partial charge on any atom is 0.231 e. The number of carbonyl (C=O) groups excluding carboxylic acids is 1. The van der Waals surface area contributed by atoms with Crippen molar-refractivity contribution in [3.05, 3.63) is 35.4 Å². The Morgan fingerprint density at radius 1 is 1.39 bits per heavy atom. The van der Waals surface area contributed by atoms with Gasteiger partial charge in [0.05, 0.1) is 5.41 Å². The highest BCUT2D eigenvalue weighted by molar-refractivity contribution is 6.53. The molecule has 0 spiro atoms. The van der Waals surface area contributed by atoms with Crippen LogP contribution in [0.4, 0.5) is 0 Å². The Kier molecular flexibility index (Phi) is 3.37. The quantitative estimate of drug-likeness (QED) is 0.778. The Labute approximate surface area is 118 Å². The molecular weight excluding hydrogens is 269 g/mol. The smallest absolute Gasteiger partial charge is 0.231 e. The fourth-order valence-corrected chi connectivity index (χ4v) is 2.86. The molecule has 98 valence electrons. The van der Waals surface area contributed by atoms with Gasteiger partial charge in [-0.2, -0.15) is 0 Å². The average Bonchev–Trinajstić information content (AvgIpc) is 2.81. The molecule has 4 heteroatoms. The Morgan fingerprint density at radius 2 is 1.94 bits per heavy atom. The van der Waals surface area contributed by atoms with Gasteiger partial charge in [0.15, 0.2) is 0 Å². The summed E-state index contributed by atoms with van der Waals surface area (Å²) in [6.07, 6.45) is 0.528. The summed E-state index contributed by atoms with van der Waals surface area (Å²) in [5.41, 5.74) is 1.70. The van der Waals surface area contributed by atoms with Crippen molar-refractivity contribution in [1.82, 2.24) is 4.90 Å². The standard InChI is InChI=1S/C14H17Cl2NO/c1-10-6-4-5-7-11(10)8-17(3)12(18)13(2)9-14(13,15)16/h4-7H,8-9H2,1-3H3. The summed E-state index contributed by atoms with van der Waals surface area (Å²) in [5.74, 6) is 0.00996. The molecule has 0 N–H and O–H groups in total. The van der Waals surface area contributed by atoms with Crippen molar-refractivity contribution in [3.63, 3.8) is 0 Å². The van der Waals surface area contributed by atoms with Crippen molar-refractivity contribution >= 4 is 29.1 Å². The summed E-state index contributed by atoms with van der Waals surface area (Å²) >= 11 is 12.1. The van der Waals surface area contributed by atoms with Crippen LogP contribution in [0.1, 0.15) is 24.5 Å². The average molecular weight is 286 g/mol. The largest absolute Gasteiger partial charge is 0.341 e. The lowest BCUT2D eigenvalue weighted by Gasteiger charge is -2.23. The third-order valence-corrected chi connectivity index (χ3v) is 4.85. The molecule has 1 atom stereocenters. The van der Waals surface area contributed by atoms with E-state index in [1.807, 2.05) is 38.1 Å². The maximum atomic E-state index is 12.3. The van der Waals surface area contributed by atoms with E-state index < -0.39 is 9.75 Å². The molecule has 1 aliphatic rings. The minimum atomic E-state index is -0.899. The number of aryl methyl sites for hydroxylation is 1. The van der Waals surface area contributed by atoms with Gasteiger partial charge < -0.3 is 4.90 Å². The van der Waals surface area contributed by atoms with E-state index in [9.17, 15) is 4.79 Å². The molecule has 1 aliphatic carbocycles. The van der Waals surface area contributed by atoms with Crippen LogP contribution in [0.15, 0.2) is 24.3 Å². The predicted molar refractivity (Wildman–Crippen MR) is 74.8 cm³/mol. The lowest BCUT2D eigenvalue weighted by molar-refractivity contribution is -0.135. The van der Waals surface area contributed by atoms with Gasteiger partial charge in [-0.05, 0) is 31.4 Å². The zero-order valence-electron chi connectivity index (χ0n) is 10.8. The van der Waals surface area contributed by atoms with Gasteiger partial charge in [-0.3, -0.25) is 4.79 Å². The van der Waals surface area contributed by atoms with Crippen LogP contribution in [0.3, 0.4) is 0 Å². The van der Waals surface area contributed by atoms with Gasteiger partial charge in [0.1, 0.15) is 4.33 Å². The lowest BCUT2D eigenvalue weighted by Crippen LogP contribution is -2.35. The van der Waals surface area contributed by atoms with E-state index in [2.05, 4.69) is 0 Å². The predicted octanol–water partition coefficient (Wildman–Crippen LogP) is 3.54. The molecule has 0 saturated heterocycles. The van der Waals surface area contributed by atoms with Gasteiger partial charge in [0.2, 0.25) is 5.91 Å². The molecule has 0 bridgehead atoms. The lowest BCUT2D eigenvalue weighted by atomic mass is 10.1. The molecule has 1 fully saturated rings. The van der Waals surface area contributed by atoms with E-state index in [-0.39, 0.29) is 5.91 Å². The Balaban J connectivity index is 2.08. The highest BCUT2D eigenvalue weighted by Gasteiger charge is 2.68. The van der Waals surface area contributed by atoms with E-state index in [1.165, 1.54) is 5.56 Å². The monoisotopic (exact) mass is 285 g/mol. The first-order valence-corrected chi connectivity index (χ1v) is 6.71. The van der Waals surface area contributed by atoms with E-state index in [4.69, 9.17) is 23.2 Å². The first kappa shape index (κ1) is 13.7. The SMILES string of the molecule is Cc1ccccc1CN(C)C(=O)C1(C)CC1(Cl)Cl. The highest BCUT2D eigenvalue weighted by atomic mass is 35.5. The van der Waals surface area contributed by atoms with Gasteiger partial charge >= 0.3 is 0 Å². The number of halogens is 2. The highest BCUT2D eigenvalue weighted by Crippen LogP contribution is 2.64. The van der Waals surface area contributed by atoms with E-state index in [0.717, 1.165) is 5.56 Å². The summed E-state index contributed by atoms with van der Waals surface area (Å²) in [7, 11) is 1.79. The minimum absolute atomic E-state index is 0.00996. The number of benzene rings is 1. The molecule has 18 heavy (non-hydrogen) atoms. The van der Waals surface area contributed by atoms with Crippen LogP contribution < -0.4 is 0 Å². The second-order valence-corrected chi connectivity index (χ2v) is 6.78. The first-order chi connectivity index (χ1) is 8.28. The van der Waals surface area contributed by atoms with Crippen molar-refractivity contribution in [3.8, 4) is 0 Å². The van der Waals surface area contributed by atoms with Crippen molar-refractivity contribution in [2.75, 3.05) is 7.05 Å². The fraction of sp³-hybridized carbons (Fsp3) is 0.500. The normalized spacial score (nSPS) is 24.7. The zero-order valence-corrected chi connectivity index (χ0v) is 12.3. The number of rotatable bonds is 3. The molecule has 1 amide bonds. The van der Waals surface area contributed by atoms with Crippen molar-refractivity contribution in [2.45, 2.75) is 31.1 Å². The van der Waals surface area contributed by atoms with Gasteiger partial charge in [0.25, 0.3) is 0 Å². The van der Waals surface area contributed by atoms with Crippen LogP contribution in [0.25, 0.3) is 0 Å². The van der Waals surface area contributed by atoms with Crippen LogP contribution in [-0.4, -0.2) is 22.2 Å². The Bertz CT molecular complexity index is 486. The molecule has 1 aromatic carbocycles. The van der Waals surface area contributed by atoms with Crippen molar-refractivity contribution in [1.29, 1.82) is 0 Å². The summed E-state index contributed by atoms with van der Waals surface area (Å²) in [4.78, 5) is 14.0. The first-order valence-electron chi connectivity index (χ1n) is 5.96. The molecule has 1 unspecified atom stereocenters. The number of amides is 1. The Morgan fingerprint density at radius 3 is 2.44 bits per heavy atom. The number of hydrogen-bond donors (Lipinski definition) is 0. The molecule has 2 nitrogen and oxygen atoms in total. The maximum absolute atomic E-state index is 12.3. The molecule has 2 rings (SSSR count). The molecule has 0 heterocycles. The number of alkyl halides is 2. The topological polar surface area (TPSA) is 20.3 Å². The van der Waals surface area contributed by atoms with Gasteiger partial charge in [0, 0.05) is 13.6 Å². The molecule has 1 saturated carbocycles. The van der Waals surface area contributed by atoms with Gasteiger partial charge in [-0.1, -0.05) is 24.3 Å². The summed E-state index contributed by atoms with van der Waals surface area (Å²) in [6.45, 7) is 4.45. The second kappa shape index (κ2) is 4.43. The minimum Gasteiger partial charge on any atom is -0.341 e. The fourth-order valence-electron chi connectivity index (χ4n) is 2.17. The van der Waals surface area contributed by atoms with E-state index in [0.29, 0.717) is 13.0 Å². The van der Waals surface area contributed by atoms with Crippen LogP contribution in [-0.2, 0) is 11.3 Å². The molecule has 0 aliphatic heterocycles. The number of hydrogen-bond acceptors (Lipinski definition) is 1. The Hall–Kier alpha value is -0.730.